The lowest BCUT2D eigenvalue weighted by Crippen LogP contribution is -2.15. The van der Waals surface area contributed by atoms with Gasteiger partial charge in [0.2, 0.25) is 0 Å². The van der Waals surface area contributed by atoms with E-state index >= 15 is 0 Å². The van der Waals surface area contributed by atoms with Gasteiger partial charge in [-0.3, -0.25) is 0 Å². The Kier molecular flexibility index (Phi) is 3.43. The van der Waals surface area contributed by atoms with Crippen LogP contribution in [0.2, 0.25) is 0 Å². The summed E-state index contributed by atoms with van der Waals surface area (Å²) in [5.41, 5.74) is 2.34. The molecule has 0 fully saturated rings. The van der Waals surface area contributed by atoms with Crippen LogP contribution in [0.25, 0.3) is 0 Å². The molecule has 0 unspecified atom stereocenters. The van der Waals surface area contributed by atoms with Crippen molar-refractivity contribution in [3.05, 3.63) is 29.8 Å². The van der Waals surface area contributed by atoms with Gasteiger partial charge in [0.1, 0.15) is 0 Å². The zero-order valence-electron chi connectivity index (χ0n) is 8.29. The summed E-state index contributed by atoms with van der Waals surface area (Å²) in [5, 5.41) is 3.20. The van der Waals surface area contributed by atoms with Gasteiger partial charge in [-0.05, 0) is 19.1 Å². The van der Waals surface area contributed by atoms with Crippen LogP contribution in [0.1, 0.15) is 19.4 Å². The first-order valence-corrected chi connectivity index (χ1v) is 4.88. The fourth-order valence-electron chi connectivity index (χ4n) is 0.923. The van der Waals surface area contributed by atoms with Crippen molar-refractivity contribution in [2.45, 2.75) is 20.8 Å². The maximum atomic E-state index is 5.18. The maximum Gasteiger partial charge on any atom is 0.0823 e. The second kappa shape index (κ2) is 4.38. The fourth-order valence-corrected chi connectivity index (χ4v) is 1.04. The molecule has 1 aromatic carbocycles. The Morgan fingerprint density at radius 1 is 1.23 bits per heavy atom. The van der Waals surface area contributed by atoms with Gasteiger partial charge in [-0.2, -0.15) is 0 Å². The van der Waals surface area contributed by atoms with Crippen LogP contribution in [0.5, 0.6) is 0 Å². The summed E-state index contributed by atoms with van der Waals surface area (Å²) in [7, 11) is 0. The van der Waals surface area contributed by atoms with Crippen molar-refractivity contribution in [1.82, 2.24) is 0 Å². The molecule has 0 heterocycles. The molecule has 1 nitrogen and oxygen atoms in total. The Labute approximate surface area is 85.2 Å². The van der Waals surface area contributed by atoms with Crippen molar-refractivity contribution in [1.29, 1.82) is 0 Å². The number of anilines is 1. The van der Waals surface area contributed by atoms with Gasteiger partial charge in [0.15, 0.2) is 0 Å². The molecule has 13 heavy (non-hydrogen) atoms. The van der Waals surface area contributed by atoms with E-state index in [0.717, 1.165) is 10.7 Å². The molecule has 1 aromatic rings. The van der Waals surface area contributed by atoms with Crippen molar-refractivity contribution < 1.29 is 0 Å². The second-order valence-electron chi connectivity index (χ2n) is 3.51. The van der Waals surface area contributed by atoms with Crippen molar-refractivity contribution in [3.63, 3.8) is 0 Å². The normalized spacial score (nSPS) is 10.2. The van der Waals surface area contributed by atoms with E-state index in [-0.39, 0.29) is 0 Å². The zero-order chi connectivity index (χ0) is 9.84. The highest BCUT2D eigenvalue weighted by molar-refractivity contribution is 7.80. The van der Waals surface area contributed by atoms with Crippen molar-refractivity contribution in [2.75, 3.05) is 5.32 Å². The average molecular weight is 193 g/mol. The molecule has 0 atom stereocenters. The number of hydrogen-bond acceptors (Lipinski definition) is 1. The van der Waals surface area contributed by atoms with E-state index in [0.29, 0.717) is 5.92 Å². The second-order valence-corrected chi connectivity index (χ2v) is 3.95. The summed E-state index contributed by atoms with van der Waals surface area (Å²) < 4.78 is 0. The van der Waals surface area contributed by atoms with Gasteiger partial charge in [-0.25, -0.2) is 0 Å². The molecule has 0 aromatic heterocycles. The molecular formula is C11H15NS. The van der Waals surface area contributed by atoms with Crippen LogP contribution in [-0.2, 0) is 0 Å². The lowest BCUT2D eigenvalue weighted by molar-refractivity contribution is 0.898. The van der Waals surface area contributed by atoms with Crippen LogP contribution in [0, 0.1) is 12.8 Å². The highest BCUT2D eigenvalue weighted by Crippen LogP contribution is 2.10. The summed E-state index contributed by atoms with van der Waals surface area (Å²) >= 11 is 5.18. The molecular weight excluding hydrogens is 178 g/mol. The molecule has 1 N–H and O–H groups in total. The topological polar surface area (TPSA) is 12.0 Å². The Morgan fingerprint density at radius 3 is 2.23 bits per heavy atom. The molecule has 0 radical (unpaired) electrons. The maximum absolute atomic E-state index is 5.18. The highest BCUT2D eigenvalue weighted by Gasteiger charge is 2.01. The number of nitrogens with one attached hydrogen (secondary N) is 1. The minimum atomic E-state index is 0.399. The van der Waals surface area contributed by atoms with Gasteiger partial charge in [0.05, 0.1) is 4.99 Å². The SMILES string of the molecule is Cc1ccc(NC(=S)C(C)C)cc1. The van der Waals surface area contributed by atoms with Crippen LogP contribution in [0.4, 0.5) is 5.69 Å². The largest absolute Gasteiger partial charge is 0.350 e. The smallest absolute Gasteiger partial charge is 0.0823 e. The minimum Gasteiger partial charge on any atom is -0.350 e. The first-order valence-electron chi connectivity index (χ1n) is 4.47. The number of thiocarbonyl (C=S) groups is 1. The predicted molar refractivity (Wildman–Crippen MR) is 62.2 cm³/mol. The summed E-state index contributed by atoms with van der Waals surface area (Å²) in [4.78, 5) is 0.892. The quantitative estimate of drug-likeness (QED) is 0.723. The average Bonchev–Trinajstić information content (AvgIpc) is 2.08. The van der Waals surface area contributed by atoms with Crippen molar-refractivity contribution in [2.24, 2.45) is 5.92 Å². The summed E-state index contributed by atoms with van der Waals surface area (Å²) in [6.45, 7) is 6.25. The minimum absolute atomic E-state index is 0.399. The van der Waals surface area contributed by atoms with E-state index in [4.69, 9.17) is 12.2 Å². The third kappa shape index (κ3) is 3.15. The van der Waals surface area contributed by atoms with Crippen molar-refractivity contribution >= 4 is 22.9 Å². The molecule has 0 bridgehead atoms. The van der Waals surface area contributed by atoms with Gasteiger partial charge >= 0.3 is 0 Å². The van der Waals surface area contributed by atoms with Crippen LogP contribution >= 0.6 is 12.2 Å². The Morgan fingerprint density at radius 2 is 1.77 bits per heavy atom. The molecule has 70 valence electrons. The van der Waals surface area contributed by atoms with Gasteiger partial charge in [-0.1, -0.05) is 43.8 Å². The number of rotatable bonds is 2. The van der Waals surface area contributed by atoms with Crippen LogP contribution in [0.15, 0.2) is 24.3 Å². The van der Waals surface area contributed by atoms with E-state index in [1.807, 2.05) is 12.1 Å². The monoisotopic (exact) mass is 193 g/mol. The highest BCUT2D eigenvalue weighted by atomic mass is 32.1. The zero-order valence-corrected chi connectivity index (χ0v) is 9.11. The Hall–Kier alpha value is -0.890. The van der Waals surface area contributed by atoms with E-state index < -0.39 is 0 Å². The number of aryl methyl sites for hydroxylation is 1. The van der Waals surface area contributed by atoms with Crippen molar-refractivity contribution in [3.8, 4) is 0 Å². The fraction of sp³-hybridized carbons (Fsp3) is 0.364. The van der Waals surface area contributed by atoms with Gasteiger partial charge in [-0.15, -0.1) is 0 Å². The first-order chi connectivity index (χ1) is 6.09. The van der Waals surface area contributed by atoms with E-state index in [1.54, 1.807) is 0 Å². The molecule has 0 spiro atoms. The molecule has 0 aliphatic carbocycles. The molecule has 0 aliphatic heterocycles. The third-order valence-electron chi connectivity index (χ3n) is 1.84. The first kappa shape index (κ1) is 10.2. The predicted octanol–water partition coefficient (Wildman–Crippen LogP) is 3.39. The van der Waals surface area contributed by atoms with Crippen LogP contribution < -0.4 is 5.32 Å². The molecule has 1 rings (SSSR count). The van der Waals surface area contributed by atoms with E-state index in [9.17, 15) is 0 Å². The van der Waals surface area contributed by atoms with Gasteiger partial charge in [0.25, 0.3) is 0 Å². The molecule has 0 amide bonds. The van der Waals surface area contributed by atoms with Crippen LogP contribution in [0.3, 0.4) is 0 Å². The van der Waals surface area contributed by atoms with Gasteiger partial charge < -0.3 is 5.32 Å². The summed E-state index contributed by atoms with van der Waals surface area (Å²) in [6.07, 6.45) is 0. The summed E-state index contributed by atoms with van der Waals surface area (Å²) in [6, 6.07) is 8.24. The van der Waals surface area contributed by atoms with E-state index in [2.05, 4.69) is 38.2 Å². The molecule has 0 aliphatic rings. The third-order valence-corrected chi connectivity index (χ3v) is 2.42. The summed E-state index contributed by atoms with van der Waals surface area (Å²) in [5.74, 6) is 0.399. The number of benzene rings is 1. The molecule has 2 heteroatoms. The standard InChI is InChI=1S/C11H15NS/c1-8(2)11(13)12-10-6-4-9(3)5-7-10/h4-8H,1-3H3,(H,12,13). The molecule has 0 saturated heterocycles. The van der Waals surface area contributed by atoms with E-state index in [1.165, 1.54) is 5.56 Å². The Bertz CT molecular complexity index is 287. The van der Waals surface area contributed by atoms with Crippen LogP contribution in [-0.4, -0.2) is 4.99 Å². The van der Waals surface area contributed by atoms with Gasteiger partial charge in [0, 0.05) is 11.6 Å². The lowest BCUT2D eigenvalue weighted by atomic mass is 10.2. The lowest BCUT2D eigenvalue weighted by Gasteiger charge is -2.10. The molecule has 0 saturated carbocycles. The number of hydrogen-bond donors (Lipinski definition) is 1. The Balaban J connectivity index is 2.65.